The first-order valence-electron chi connectivity index (χ1n) is 5.02. The van der Waals surface area contributed by atoms with Crippen LogP contribution in [0.1, 0.15) is 20.7 Å². The van der Waals surface area contributed by atoms with Crippen molar-refractivity contribution in [1.82, 2.24) is 9.97 Å². The van der Waals surface area contributed by atoms with E-state index in [4.69, 9.17) is 28.9 Å². The van der Waals surface area contributed by atoms with Gasteiger partial charge in [0.05, 0.1) is 11.1 Å². The Morgan fingerprint density at radius 1 is 1.16 bits per heavy atom. The quantitative estimate of drug-likeness (QED) is 0.681. The third-order valence-corrected chi connectivity index (χ3v) is 2.42. The number of primary amides is 1. The molecule has 98 valence electrons. The fourth-order valence-corrected chi connectivity index (χ4v) is 1.45. The Balaban J connectivity index is 0.000000191. The molecule has 19 heavy (non-hydrogen) atoms. The molecule has 0 bridgehead atoms. The van der Waals surface area contributed by atoms with Gasteiger partial charge in [-0.15, -0.1) is 0 Å². The van der Waals surface area contributed by atoms with Gasteiger partial charge in [-0.05, 0) is 35.9 Å². The second kappa shape index (κ2) is 7.45. The molecule has 2 aromatic heterocycles. The molecule has 0 radical (unpaired) electrons. The van der Waals surface area contributed by atoms with E-state index < -0.39 is 11.1 Å². The van der Waals surface area contributed by atoms with Gasteiger partial charge in [0.2, 0.25) is 5.91 Å². The molecule has 0 aromatic carbocycles. The van der Waals surface area contributed by atoms with Crippen molar-refractivity contribution in [2.45, 2.75) is 0 Å². The molecule has 0 aliphatic heterocycles. The van der Waals surface area contributed by atoms with E-state index >= 15 is 0 Å². The van der Waals surface area contributed by atoms with Crippen LogP contribution < -0.4 is 5.73 Å². The summed E-state index contributed by atoms with van der Waals surface area (Å²) in [5.41, 5.74) is 5.62. The molecule has 0 spiro atoms. The first kappa shape index (κ1) is 15.1. The standard InChI is InChI=1S/C6H3Cl2NO.C6H6N2O/c7-5-4(6(8)10)2-1-3-9-5;7-6(9)5-2-1-3-8-4-5/h1-3H;1-4H,(H2,7,9). The van der Waals surface area contributed by atoms with E-state index in [0.29, 0.717) is 5.56 Å². The van der Waals surface area contributed by atoms with Gasteiger partial charge in [0.25, 0.3) is 5.24 Å². The molecule has 2 rings (SSSR count). The fourth-order valence-electron chi connectivity index (χ4n) is 1.04. The maximum atomic E-state index is 10.5. The minimum absolute atomic E-state index is 0.141. The Bertz CT molecular complexity index is 576. The second-order valence-corrected chi connectivity index (χ2v) is 3.92. The van der Waals surface area contributed by atoms with Crippen molar-refractivity contribution in [3.05, 3.63) is 59.1 Å². The second-order valence-electron chi connectivity index (χ2n) is 3.22. The number of rotatable bonds is 2. The Morgan fingerprint density at radius 2 is 1.84 bits per heavy atom. The molecule has 0 saturated carbocycles. The van der Waals surface area contributed by atoms with Crippen LogP contribution in [-0.2, 0) is 0 Å². The maximum absolute atomic E-state index is 10.5. The highest BCUT2D eigenvalue weighted by Gasteiger charge is 2.05. The lowest BCUT2D eigenvalue weighted by Crippen LogP contribution is -2.10. The zero-order valence-electron chi connectivity index (χ0n) is 9.59. The van der Waals surface area contributed by atoms with Crippen molar-refractivity contribution in [2.75, 3.05) is 0 Å². The normalized spacial score (nSPS) is 9.16. The Morgan fingerprint density at radius 3 is 2.21 bits per heavy atom. The third-order valence-electron chi connectivity index (χ3n) is 1.92. The average Bonchev–Trinajstić information content (AvgIpc) is 2.40. The van der Waals surface area contributed by atoms with Crippen molar-refractivity contribution in [2.24, 2.45) is 5.73 Å². The Hall–Kier alpha value is -1.98. The van der Waals surface area contributed by atoms with E-state index in [0.717, 1.165) is 0 Å². The Kier molecular flexibility index (Phi) is 5.92. The summed E-state index contributed by atoms with van der Waals surface area (Å²) < 4.78 is 0. The van der Waals surface area contributed by atoms with Gasteiger partial charge in [-0.25, -0.2) is 4.98 Å². The predicted molar refractivity (Wildman–Crippen MR) is 72.2 cm³/mol. The fraction of sp³-hybridized carbons (Fsp3) is 0. The van der Waals surface area contributed by atoms with E-state index in [1.807, 2.05) is 0 Å². The molecule has 0 aliphatic rings. The number of carbonyl (C=O) groups is 2. The smallest absolute Gasteiger partial charge is 0.255 e. The van der Waals surface area contributed by atoms with Crippen molar-refractivity contribution >= 4 is 34.4 Å². The molecule has 0 aliphatic carbocycles. The lowest BCUT2D eigenvalue weighted by atomic mass is 10.3. The predicted octanol–water partition coefficient (Wildman–Crippen LogP) is 2.29. The number of carbonyl (C=O) groups excluding carboxylic acids is 2. The summed E-state index contributed by atoms with van der Waals surface area (Å²) in [6.45, 7) is 0. The number of nitrogens with two attached hydrogens (primary N) is 1. The molecule has 5 nitrogen and oxygen atoms in total. The molecule has 2 N–H and O–H groups in total. The first-order chi connectivity index (χ1) is 9.02. The van der Waals surface area contributed by atoms with Gasteiger partial charge in [0.15, 0.2) is 0 Å². The van der Waals surface area contributed by atoms with Crippen LogP contribution in [0.3, 0.4) is 0 Å². The van der Waals surface area contributed by atoms with Gasteiger partial charge in [0.1, 0.15) is 5.15 Å². The molecule has 1 amide bonds. The zero-order chi connectivity index (χ0) is 14.3. The summed E-state index contributed by atoms with van der Waals surface area (Å²) in [7, 11) is 0. The average molecular weight is 298 g/mol. The number of halogens is 2. The molecular formula is C12H9Cl2N3O2. The van der Waals surface area contributed by atoms with Crippen LogP contribution in [0.4, 0.5) is 0 Å². The highest BCUT2D eigenvalue weighted by Crippen LogP contribution is 2.13. The molecule has 0 unspecified atom stereocenters. The van der Waals surface area contributed by atoms with Crippen molar-refractivity contribution in [3.63, 3.8) is 0 Å². The van der Waals surface area contributed by atoms with Gasteiger partial charge in [0, 0.05) is 18.6 Å². The van der Waals surface area contributed by atoms with Crippen molar-refractivity contribution < 1.29 is 9.59 Å². The number of amides is 1. The largest absolute Gasteiger partial charge is 0.366 e. The number of hydrogen-bond acceptors (Lipinski definition) is 4. The van der Waals surface area contributed by atoms with Gasteiger partial charge >= 0.3 is 0 Å². The van der Waals surface area contributed by atoms with E-state index in [9.17, 15) is 9.59 Å². The summed E-state index contributed by atoms with van der Waals surface area (Å²) >= 11 is 10.6. The molecule has 2 heterocycles. The summed E-state index contributed by atoms with van der Waals surface area (Å²) in [4.78, 5) is 28.3. The SMILES string of the molecule is NC(=O)c1cccnc1.O=C(Cl)c1cccnc1Cl. The van der Waals surface area contributed by atoms with Crippen molar-refractivity contribution in [3.8, 4) is 0 Å². The van der Waals surface area contributed by atoms with E-state index in [-0.39, 0.29) is 10.7 Å². The van der Waals surface area contributed by atoms with Crippen LogP contribution in [0.5, 0.6) is 0 Å². The molecule has 0 fully saturated rings. The van der Waals surface area contributed by atoms with Crippen LogP contribution in [0.2, 0.25) is 5.15 Å². The highest BCUT2D eigenvalue weighted by atomic mass is 35.5. The Labute approximate surface area is 119 Å². The summed E-state index contributed by atoms with van der Waals surface area (Å²) in [6, 6.07) is 6.40. The van der Waals surface area contributed by atoms with Gasteiger partial charge in [-0.3, -0.25) is 14.6 Å². The summed E-state index contributed by atoms with van der Waals surface area (Å²) in [6.07, 6.45) is 4.51. The van der Waals surface area contributed by atoms with E-state index in [1.165, 1.54) is 18.5 Å². The monoisotopic (exact) mass is 297 g/mol. The number of aromatic nitrogens is 2. The molecule has 2 aromatic rings. The van der Waals surface area contributed by atoms with Gasteiger partial charge < -0.3 is 5.73 Å². The van der Waals surface area contributed by atoms with Crippen LogP contribution >= 0.6 is 23.2 Å². The zero-order valence-corrected chi connectivity index (χ0v) is 11.1. The summed E-state index contributed by atoms with van der Waals surface area (Å²) in [5.74, 6) is -0.442. The topological polar surface area (TPSA) is 85.9 Å². The third kappa shape index (κ3) is 5.03. The van der Waals surface area contributed by atoms with E-state index in [2.05, 4.69) is 9.97 Å². The lowest BCUT2D eigenvalue weighted by molar-refractivity contribution is 0.0999. The lowest BCUT2D eigenvalue weighted by Gasteiger charge is -1.92. The number of pyridine rings is 2. The molecule has 0 saturated heterocycles. The van der Waals surface area contributed by atoms with Crippen molar-refractivity contribution in [1.29, 1.82) is 0 Å². The molecular weight excluding hydrogens is 289 g/mol. The first-order valence-corrected chi connectivity index (χ1v) is 5.78. The van der Waals surface area contributed by atoms with Crippen LogP contribution in [0.15, 0.2) is 42.9 Å². The minimum atomic E-state index is -0.585. The summed E-state index contributed by atoms with van der Waals surface area (Å²) in [5, 5.41) is -0.444. The molecule has 7 heteroatoms. The highest BCUT2D eigenvalue weighted by molar-refractivity contribution is 6.68. The van der Waals surface area contributed by atoms with Crippen LogP contribution in [0, 0.1) is 0 Å². The van der Waals surface area contributed by atoms with Crippen LogP contribution in [-0.4, -0.2) is 21.1 Å². The number of hydrogen-bond donors (Lipinski definition) is 1. The maximum Gasteiger partial charge on any atom is 0.255 e. The number of nitrogens with zero attached hydrogens (tertiary/aromatic N) is 2. The molecule has 0 atom stereocenters. The van der Waals surface area contributed by atoms with Gasteiger partial charge in [-0.1, -0.05) is 11.6 Å². The van der Waals surface area contributed by atoms with Crippen LogP contribution in [0.25, 0.3) is 0 Å². The van der Waals surface area contributed by atoms with E-state index in [1.54, 1.807) is 24.4 Å². The van der Waals surface area contributed by atoms with Gasteiger partial charge in [-0.2, -0.15) is 0 Å². The minimum Gasteiger partial charge on any atom is -0.366 e.